The van der Waals surface area contributed by atoms with Crippen LogP contribution in [0.3, 0.4) is 0 Å². The zero-order valence-corrected chi connectivity index (χ0v) is 19.1. The number of ketones is 1. The average molecular weight is 440 g/mol. The Balaban J connectivity index is 1.31. The lowest BCUT2D eigenvalue weighted by Crippen LogP contribution is -2.37. The second kappa shape index (κ2) is 10.3. The second-order valence-corrected chi connectivity index (χ2v) is 8.50. The molecule has 1 atom stereocenters. The van der Waals surface area contributed by atoms with E-state index < -0.39 is 5.54 Å². The maximum Gasteiger partial charge on any atom is 0.209 e. The number of hydrazone groups is 1. The normalized spacial score (nSPS) is 17.6. The van der Waals surface area contributed by atoms with Crippen LogP contribution >= 0.6 is 0 Å². The number of carbonyl (C=O) groups excluding carboxylic acids is 1. The largest absolute Gasteiger partial charge is 0.471 e. The van der Waals surface area contributed by atoms with Crippen molar-refractivity contribution in [3.8, 4) is 11.1 Å². The number of nitrogens with one attached hydrogen (secondary N) is 1. The summed E-state index contributed by atoms with van der Waals surface area (Å²) < 4.78 is 5.72. The Labute approximate surface area is 195 Å². The van der Waals surface area contributed by atoms with E-state index in [9.17, 15) is 4.79 Å². The lowest BCUT2D eigenvalue weighted by atomic mass is 10.0. The van der Waals surface area contributed by atoms with E-state index in [1.807, 2.05) is 85.9 Å². The molecular weight excluding hydrogens is 410 g/mol. The number of carbonyl (C=O) groups is 1. The van der Waals surface area contributed by atoms with Gasteiger partial charge in [-0.15, -0.1) is 5.10 Å². The molecule has 0 bridgehead atoms. The van der Waals surface area contributed by atoms with Gasteiger partial charge in [0.05, 0.1) is 17.6 Å². The predicted molar refractivity (Wildman–Crippen MR) is 134 cm³/mol. The molecule has 0 saturated carbocycles. The molecule has 168 valence electrons. The molecule has 1 N–H and O–H groups in total. The molecule has 5 heteroatoms. The molecule has 1 aliphatic heterocycles. The summed E-state index contributed by atoms with van der Waals surface area (Å²) in [5.74, 6) is 0.438. The van der Waals surface area contributed by atoms with Crippen LogP contribution in [0.15, 0.2) is 89.0 Å². The number of hydrogen-bond acceptors (Lipinski definition) is 5. The SMILES string of the molecule is CCCc1ccccc1N=CC1(C)CC(OCC(=O)c2ccc(-c3ccccc3)cc2)=NN1. The van der Waals surface area contributed by atoms with E-state index >= 15 is 0 Å². The molecule has 3 aromatic carbocycles. The van der Waals surface area contributed by atoms with Gasteiger partial charge in [-0.25, -0.2) is 0 Å². The monoisotopic (exact) mass is 439 g/mol. The van der Waals surface area contributed by atoms with E-state index in [0.717, 1.165) is 29.7 Å². The van der Waals surface area contributed by atoms with Crippen LogP contribution in [0.5, 0.6) is 0 Å². The van der Waals surface area contributed by atoms with Crippen molar-refractivity contribution >= 4 is 23.6 Å². The molecule has 0 aliphatic carbocycles. The third-order valence-electron chi connectivity index (χ3n) is 5.64. The van der Waals surface area contributed by atoms with Crippen molar-refractivity contribution in [2.24, 2.45) is 10.1 Å². The van der Waals surface area contributed by atoms with Crippen molar-refractivity contribution < 1.29 is 9.53 Å². The molecule has 1 aliphatic rings. The first-order valence-corrected chi connectivity index (χ1v) is 11.3. The molecule has 5 nitrogen and oxygen atoms in total. The number of nitrogens with zero attached hydrogens (tertiary/aromatic N) is 2. The van der Waals surface area contributed by atoms with Gasteiger partial charge in [0.2, 0.25) is 5.90 Å². The van der Waals surface area contributed by atoms with E-state index in [0.29, 0.717) is 17.9 Å². The van der Waals surface area contributed by atoms with Crippen LogP contribution < -0.4 is 5.43 Å². The fourth-order valence-corrected chi connectivity index (χ4v) is 3.78. The number of ether oxygens (including phenoxy) is 1. The second-order valence-electron chi connectivity index (χ2n) is 8.50. The number of aliphatic imine (C=N–C) groups is 1. The predicted octanol–water partition coefficient (Wildman–Crippen LogP) is 5.97. The van der Waals surface area contributed by atoms with Crippen LogP contribution in [0.25, 0.3) is 11.1 Å². The molecule has 0 amide bonds. The third kappa shape index (κ3) is 5.75. The van der Waals surface area contributed by atoms with E-state index in [2.05, 4.69) is 23.5 Å². The third-order valence-corrected chi connectivity index (χ3v) is 5.64. The summed E-state index contributed by atoms with van der Waals surface area (Å²) in [4.78, 5) is 17.3. The number of Topliss-reactive ketones (excluding diaryl/α,β-unsaturated/α-hetero) is 1. The molecule has 0 saturated heterocycles. The van der Waals surface area contributed by atoms with Crippen molar-refractivity contribution in [3.63, 3.8) is 0 Å². The molecule has 33 heavy (non-hydrogen) atoms. The van der Waals surface area contributed by atoms with Crippen LogP contribution in [-0.4, -0.2) is 30.0 Å². The summed E-state index contributed by atoms with van der Waals surface area (Å²) >= 11 is 0. The Morgan fingerprint density at radius 1 is 1.03 bits per heavy atom. The first kappa shape index (κ1) is 22.5. The lowest BCUT2D eigenvalue weighted by molar-refractivity contribution is 0.0911. The van der Waals surface area contributed by atoms with Gasteiger partial charge in [0.1, 0.15) is 0 Å². The number of aryl methyl sites for hydroxylation is 1. The minimum absolute atomic E-state index is 0.0439. The minimum atomic E-state index is -0.449. The highest BCUT2D eigenvalue weighted by atomic mass is 16.5. The van der Waals surface area contributed by atoms with E-state index in [4.69, 9.17) is 9.73 Å². The molecule has 3 aromatic rings. The highest BCUT2D eigenvalue weighted by Gasteiger charge is 2.31. The number of rotatable bonds is 8. The van der Waals surface area contributed by atoms with Gasteiger partial charge >= 0.3 is 0 Å². The molecule has 1 unspecified atom stereocenters. The summed E-state index contributed by atoms with van der Waals surface area (Å²) in [6.07, 6.45) is 4.49. The van der Waals surface area contributed by atoms with Crippen molar-refractivity contribution in [2.75, 3.05) is 6.61 Å². The summed E-state index contributed by atoms with van der Waals surface area (Å²) in [6.45, 7) is 4.14. The summed E-state index contributed by atoms with van der Waals surface area (Å²) in [5.41, 5.74) is 7.68. The van der Waals surface area contributed by atoms with Crippen molar-refractivity contribution in [3.05, 3.63) is 90.0 Å². The van der Waals surface area contributed by atoms with Crippen LogP contribution in [0.2, 0.25) is 0 Å². The average Bonchev–Trinajstić information content (AvgIpc) is 3.24. The van der Waals surface area contributed by atoms with Crippen LogP contribution in [0, 0.1) is 0 Å². The molecule has 4 rings (SSSR count). The molecule has 0 aromatic heterocycles. The summed E-state index contributed by atoms with van der Waals surface area (Å²) in [6, 6.07) is 25.9. The first-order valence-electron chi connectivity index (χ1n) is 11.3. The topological polar surface area (TPSA) is 63.0 Å². The van der Waals surface area contributed by atoms with Gasteiger partial charge in [-0.05, 0) is 36.1 Å². The standard InChI is InChI=1S/C28H29N3O2/c1-3-9-23-12-7-8-13-25(23)29-20-28(2)18-27(30-31-28)33-19-26(32)24-16-14-22(15-17-24)21-10-5-4-6-11-21/h4-8,10-17,20,31H,3,9,18-19H2,1-2H3. The highest BCUT2D eigenvalue weighted by molar-refractivity contribution is 5.99. The van der Waals surface area contributed by atoms with Crippen LogP contribution in [-0.2, 0) is 11.2 Å². The first-order chi connectivity index (χ1) is 16.1. The van der Waals surface area contributed by atoms with Gasteiger partial charge in [-0.3, -0.25) is 15.2 Å². The maximum atomic E-state index is 12.6. The minimum Gasteiger partial charge on any atom is -0.471 e. The maximum absolute atomic E-state index is 12.6. The summed E-state index contributed by atoms with van der Waals surface area (Å²) in [7, 11) is 0. The Morgan fingerprint density at radius 2 is 1.73 bits per heavy atom. The Bertz CT molecular complexity index is 1150. The van der Waals surface area contributed by atoms with Gasteiger partial charge in [-0.2, -0.15) is 0 Å². The van der Waals surface area contributed by atoms with Crippen molar-refractivity contribution in [2.45, 2.75) is 38.6 Å². The number of hydrogen-bond donors (Lipinski definition) is 1. The zero-order chi connectivity index (χ0) is 23.1. The van der Waals surface area contributed by atoms with Crippen LogP contribution in [0.1, 0.15) is 42.6 Å². The van der Waals surface area contributed by atoms with E-state index in [1.165, 1.54) is 5.56 Å². The highest BCUT2D eigenvalue weighted by Crippen LogP contribution is 2.23. The quantitative estimate of drug-likeness (QED) is 0.347. The Morgan fingerprint density at radius 3 is 2.48 bits per heavy atom. The van der Waals surface area contributed by atoms with Gasteiger partial charge in [0.25, 0.3) is 0 Å². The molecule has 1 heterocycles. The fraction of sp³-hybridized carbons (Fsp3) is 0.250. The zero-order valence-electron chi connectivity index (χ0n) is 19.1. The van der Waals surface area contributed by atoms with E-state index in [-0.39, 0.29) is 12.4 Å². The van der Waals surface area contributed by atoms with Gasteiger partial charge in [0.15, 0.2) is 12.4 Å². The molecule has 0 fully saturated rings. The Kier molecular flexibility index (Phi) is 6.98. The number of benzene rings is 3. The summed E-state index contributed by atoms with van der Waals surface area (Å²) in [5, 5.41) is 4.28. The molecule has 0 radical (unpaired) electrons. The van der Waals surface area contributed by atoms with Gasteiger partial charge in [0, 0.05) is 11.8 Å². The van der Waals surface area contributed by atoms with Crippen LogP contribution in [0.4, 0.5) is 5.69 Å². The van der Waals surface area contributed by atoms with E-state index in [1.54, 1.807) is 0 Å². The smallest absolute Gasteiger partial charge is 0.209 e. The Hall–Kier alpha value is -3.73. The number of para-hydroxylation sites is 1. The van der Waals surface area contributed by atoms with Crippen molar-refractivity contribution in [1.82, 2.24) is 5.43 Å². The van der Waals surface area contributed by atoms with Gasteiger partial charge < -0.3 is 4.74 Å². The lowest BCUT2D eigenvalue weighted by Gasteiger charge is -2.17. The molecule has 0 spiro atoms. The molecular formula is C28H29N3O2. The van der Waals surface area contributed by atoms with Crippen molar-refractivity contribution in [1.29, 1.82) is 0 Å². The van der Waals surface area contributed by atoms with Gasteiger partial charge in [-0.1, -0.05) is 86.1 Å². The fourth-order valence-electron chi connectivity index (χ4n) is 3.78.